The smallest absolute Gasteiger partial charge is 0.317 e. The highest BCUT2D eigenvalue weighted by atomic mass is 32.1. The number of amides is 2. The van der Waals surface area contributed by atoms with Crippen molar-refractivity contribution in [1.82, 2.24) is 20.1 Å². The summed E-state index contributed by atoms with van der Waals surface area (Å²) in [5.74, 6) is 0. The van der Waals surface area contributed by atoms with Crippen LogP contribution in [0.5, 0.6) is 0 Å². The van der Waals surface area contributed by atoms with E-state index in [1.165, 1.54) is 24.8 Å². The van der Waals surface area contributed by atoms with Gasteiger partial charge in [-0.15, -0.1) is 11.3 Å². The summed E-state index contributed by atoms with van der Waals surface area (Å²) < 4.78 is 0. The Kier molecular flexibility index (Phi) is 6.04. The molecule has 6 heteroatoms. The van der Waals surface area contributed by atoms with Gasteiger partial charge in [0.05, 0.1) is 12.2 Å². The number of nitrogens with one attached hydrogen (secondary N) is 1. The first kappa shape index (κ1) is 18.4. The van der Waals surface area contributed by atoms with Crippen molar-refractivity contribution in [2.24, 2.45) is 0 Å². The number of aromatic nitrogens is 1. The Morgan fingerprint density at radius 3 is 2.56 bits per heavy atom. The zero-order valence-electron chi connectivity index (χ0n) is 15.8. The van der Waals surface area contributed by atoms with Gasteiger partial charge in [0.2, 0.25) is 0 Å². The molecule has 1 aliphatic carbocycles. The van der Waals surface area contributed by atoms with E-state index < -0.39 is 0 Å². The van der Waals surface area contributed by atoms with E-state index in [4.69, 9.17) is 4.98 Å². The van der Waals surface area contributed by atoms with Gasteiger partial charge in [-0.3, -0.25) is 4.90 Å². The van der Waals surface area contributed by atoms with Crippen molar-refractivity contribution in [3.63, 3.8) is 0 Å². The SMILES string of the molecule is O=C(NC1CCCCC1)N1CCN(Cc2nc(-c3ccccc3)cs2)CC1. The highest BCUT2D eigenvalue weighted by molar-refractivity contribution is 7.09. The minimum absolute atomic E-state index is 0.127. The van der Waals surface area contributed by atoms with E-state index >= 15 is 0 Å². The summed E-state index contributed by atoms with van der Waals surface area (Å²) >= 11 is 1.72. The van der Waals surface area contributed by atoms with Gasteiger partial charge < -0.3 is 10.2 Å². The Morgan fingerprint density at radius 1 is 1.07 bits per heavy atom. The van der Waals surface area contributed by atoms with Crippen molar-refractivity contribution in [1.29, 1.82) is 0 Å². The molecular weight excluding hydrogens is 356 g/mol. The van der Waals surface area contributed by atoms with Crippen LogP contribution in [-0.2, 0) is 6.54 Å². The van der Waals surface area contributed by atoms with Crippen molar-refractivity contribution in [3.8, 4) is 11.3 Å². The van der Waals surface area contributed by atoms with Gasteiger partial charge in [-0.25, -0.2) is 9.78 Å². The van der Waals surface area contributed by atoms with Crippen LogP contribution < -0.4 is 5.32 Å². The summed E-state index contributed by atoms with van der Waals surface area (Å²) in [6, 6.07) is 10.8. The van der Waals surface area contributed by atoms with Crippen molar-refractivity contribution in [3.05, 3.63) is 40.7 Å². The van der Waals surface area contributed by atoms with Gasteiger partial charge in [0, 0.05) is 43.2 Å². The number of nitrogens with zero attached hydrogens (tertiary/aromatic N) is 3. The van der Waals surface area contributed by atoms with Crippen LogP contribution in [-0.4, -0.2) is 53.0 Å². The second-order valence-corrected chi connectivity index (χ2v) is 8.48. The van der Waals surface area contributed by atoms with Gasteiger partial charge in [0.1, 0.15) is 5.01 Å². The van der Waals surface area contributed by atoms with E-state index in [9.17, 15) is 4.79 Å². The van der Waals surface area contributed by atoms with Crippen molar-refractivity contribution in [2.45, 2.75) is 44.7 Å². The molecule has 0 unspecified atom stereocenters. The largest absolute Gasteiger partial charge is 0.335 e. The molecule has 0 atom stereocenters. The highest BCUT2D eigenvalue weighted by Gasteiger charge is 2.24. The van der Waals surface area contributed by atoms with Crippen molar-refractivity contribution < 1.29 is 4.79 Å². The Bertz CT molecular complexity index is 734. The number of benzene rings is 1. The number of hydrogen-bond acceptors (Lipinski definition) is 4. The second kappa shape index (κ2) is 8.85. The van der Waals surface area contributed by atoms with Crippen LogP contribution in [0.1, 0.15) is 37.1 Å². The number of rotatable bonds is 4. The van der Waals surface area contributed by atoms with Crippen molar-refractivity contribution in [2.75, 3.05) is 26.2 Å². The van der Waals surface area contributed by atoms with Crippen LogP contribution >= 0.6 is 11.3 Å². The zero-order chi connectivity index (χ0) is 18.5. The molecule has 27 heavy (non-hydrogen) atoms. The lowest BCUT2D eigenvalue weighted by Crippen LogP contribution is -2.53. The summed E-state index contributed by atoms with van der Waals surface area (Å²) in [6.07, 6.45) is 6.09. The predicted molar refractivity (Wildman–Crippen MR) is 110 cm³/mol. The molecule has 2 aliphatic rings. The second-order valence-electron chi connectivity index (χ2n) is 7.54. The topological polar surface area (TPSA) is 48.5 Å². The first-order valence-corrected chi connectivity index (χ1v) is 10.9. The van der Waals surface area contributed by atoms with Gasteiger partial charge >= 0.3 is 6.03 Å². The van der Waals surface area contributed by atoms with Gasteiger partial charge in [0.25, 0.3) is 0 Å². The molecular formula is C21H28N4OS. The zero-order valence-corrected chi connectivity index (χ0v) is 16.6. The molecule has 144 valence electrons. The van der Waals surface area contributed by atoms with E-state index in [0.717, 1.165) is 56.3 Å². The minimum Gasteiger partial charge on any atom is -0.335 e. The summed E-state index contributed by atoms with van der Waals surface area (Å²) in [6.45, 7) is 4.30. The molecule has 1 aromatic heterocycles. The van der Waals surface area contributed by atoms with E-state index in [0.29, 0.717) is 6.04 Å². The van der Waals surface area contributed by atoms with Crippen LogP contribution in [0.15, 0.2) is 35.7 Å². The molecule has 1 N–H and O–H groups in total. The Morgan fingerprint density at radius 2 is 1.81 bits per heavy atom. The first-order chi connectivity index (χ1) is 13.3. The van der Waals surface area contributed by atoms with Gasteiger partial charge in [-0.1, -0.05) is 49.6 Å². The van der Waals surface area contributed by atoms with E-state index in [1.807, 2.05) is 23.1 Å². The Labute approximate surface area is 165 Å². The van der Waals surface area contributed by atoms with Crippen LogP contribution in [0.25, 0.3) is 11.3 Å². The number of thiazole rings is 1. The average molecular weight is 385 g/mol. The maximum atomic E-state index is 12.5. The molecule has 1 saturated carbocycles. The van der Waals surface area contributed by atoms with Gasteiger partial charge in [-0.2, -0.15) is 0 Å². The summed E-state index contributed by atoms with van der Waals surface area (Å²) in [5.41, 5.74) is 2.23. The van der Waals surface area contributed by atoms with Gasteiger partial charge in [0.15, 0.2) is 0 Å². The quantitative estimate of drug-likeness (QED) is 0.868. The third-order valence-electron chi connectivity index (χ3n) is 5.57. The van der Waals surface area contributed by atoms with Crippen LogP contribution in [0.4, 0.5) is 4.79 Å². The fraction of sp³-hybridized carbons (Fsp3) is 0.524. The molecule has 0 radical (unpaired) electrons. The molecule has 1 aromatic carbocycles. The monoisotopic (exact) mass is 384 g/mol. The molecule has 0 spiro atoms. The molecule has 2 aromatic rings. The van der Waals surface area contributed by atoms with Crippen LogP contribution in [0.2, 0.25) is 0 Å². The molecule has 2 amide bonds. The number of carbonyl (C=O) groups is 1. The third-order valence-corrected chi connectivity index (χ3v) is 6.41. The molecule has 2 heterocycles. The number of urea groups is 1. The number of carbonyl (C=O) groups excluding carboxylic acids is 1. The minimum atomic E-state index is 0.127. The maximum Gasteiger partial charge on any atom is 0.317 e. The molecule has 5 nitrogen and oxygen atoms in total. The lowest BCUT2D eigenvalue weighted by molar-refractivity contribution is 0.132. The predicted octanol–water partition coefficient (Wildman–Crippen LogP) is 3.97. The fourth-order valence-corrected chi connectivity index (χ4v) is 4.78. The molecule has 1 saturated heterocycles. The highest BCUT2D eigenvalue weighted by Crippen LogP contribution is 2.23. The van der Waals surface area contributed by atoms with Gasteiger partial charge in [-0.05, 0) is 12.8 Å². The first-order valence-electron chi connectivity index (χ1n) is 10.1. The summed E-state index contributed by atoms with van der Waals surface area (Å²) in [5, 5.41) is 6.52. The lowest BCUT2D eigenvalue weighted by Gasteiger charge is -2.35. The van der Waals surface area contributed by atoms with Crippen molar-refractivity contribution >= 4 is 17.4 Å². The lowest BCUT2D eigenvalue weighted by atomic mass is 9.96. The number of piperazine rings is 1. The van der Waals surface area contributed by atoms with E-state index in [2.05, 4.69) is 27.7 Å². The summed E-state index contributed by atoms with van der Waals surface area (Å²) in [4.78, 5) is 21.6. The standard InChI is InChI=1S/C21H28N4OS/c26-21(22-18-9-5-2-6-10-18)25-13-11-24(12-14-25)15-20-23-19(16-27-20)17-7-3-1-4-8-17/h1,3-4,7-8,16,18H,2,5-6,9-15H2,(H,22,26). The maximum absolute atomic E-state index is 12.5. The molecule has 4 rings (SSSR count). The number of hydrogen-bond donors (Lipinski definition) is 1. The normalized spacial score (nSPS) is 19.2. The molecule has 2 fully saturated rings. The Hall–Kier alpha value is -1.92. The summed E-state index contributed by atoms with van der Waals surface area (Å²) in [7, 11) is 0. The Balaban J connectivity index is 1.25. The fourth-order valence-electron chi connectivity index (χ4n) is 3.94. The molecule has 1 aliphatic heterocycles. The average Bonchev–Trinajstić information content (AvgIpc) is 3.18. The van der Waals surface area contributed by atoms with Crippen LogP contribution in [0.3, 0.4) is 0 Å². The van der Waals surface area contributed by atoms with E-state index in [1.54, 1.807) is 11.3 Å². The van der Waals surface area contributed by atoms with Crippen LogP contribution in [0, 0.1) is 0 Å². The molecule has 0 bridgehead atoms. The third kappa shape index (κ3) is 4.87. The van der Waals surface area contributed by atoms with E-state index in [-0.39, 0.29) is 6.03 Å².